The number of nitrogens with zero attached hydrogens (tertiary/aromatic N) is 1. The number of amides is 1. The summed E-state index contributed by atoms with van der Waals surface area (Å²) in [5, 5.41) is 5.07. The van der Waals surface area contributed by atoms with E-state index < -0.39 is 13.0 Å². The fraction of sp³-hybridized carbons (Fsp3) is 0.143. The molecule has 0 spiro atoms. The molecule has 150 valence electrons. The molecular weight excluding hydrogens is 398 g/mol. The molecule has 0 atom stereocenters. The van der Waals surface area contributed by atoms with Crippen molar-refractivity contribution in [1.29, 1.82) is 0 Å². The highest BCUT2D eigenvalue weighted by molar-refractivity contribution is 7.14. The maximum absolute atomic E-state index is 12.1. The maximum Gasteiger partial charge on any atom is 0.272 e. The number of halogens is 2. The van der Waals surface area contributed by atoms with E-state index in [1.807, 2.05) is 29.6 Å². The van der Waals surface area contributed by atoms with Crippen molar-refractivity contribution in [2.24, 2.45) is 0 Å². The topological polar surface area (TPSA) is 60.5 Å². The lowest BCUT2D eigenvalue weighted by Gasteiger charge is -2.05. The van der Waals surface area contributed by atoms with Gasteiger partial charge in [0.05, 0.1) is 12.8 Å². The summed E-state index contributed by atoms with van der Waals surface area (Å²) in [4.78, 5) is 16.5. The van der Waals surface area contributed by atoms with E-state index in [-0.39, 0.29) is 5.91 Å². The number of ether oxygens (including phenoxy) is 2. The van der Waals surface area contributed by atoms with Gasteiger partial charge >= 0.3 is 0 Å². The van der Waals surface area contributed by atoms with Gasteiger partial charge in [-0.15, -0.1) is 11.3 Å². The third-order valence-electron chi connectivity index (χ3n) is 3.80. The van der Waals surface area contributed by atoms with Gasteiger partial charge in [-0.05, 0) is 48.0 Å². The summed E-state index contributed by atoms with van der Waals surface area (Å²) in [6.07, 6.45) is 0.475. The Bertz CT molecular complexity index is 970. The van der Waals surface area contributed by atoms with E-state index in [1.54, 1.807) is 37.5 Å². The third-order valence-corrected chi connectivity index (χ3v) is 4.56. The van der Waals surface area contributed by atoms with Crippen molar-refractivity contribution in [3.8, 4) is 22.8 Å². The number of hydrogen-bond donors (Lipinski definition) is 1. The summed E-state index contributed by atoms with van der Waals surface area (Å²) < 4.78 is 34.3. The van der Waals surface area contributed by atoms with Crippen molar-refractivity contribution < 1.29 is 23.0 Å². The maximum atomic E-state index is 12.1. The van der Waals surface area contributed by atoms with Gasteiger partial charge in [-0.25, -0.2) is 13.8 Å². The Morgan fingerprint density at radius 1 is 1.14 bits per heavy atom. The predicted octanol–water partition coefficient (Wildman–Crippen LogP) is 5.11. The molecule has 0 aliphatic rings. The first-order valence-electron chi connectivity index (χ1n) is 8.63. The molecule has 29 heavy (non-hydrogen) atoms. The van der Waals surface area contributed by atoms with Crippen LogP contribution in [-0.2, 0) is 4.79 Å². The highest BCUT2D eigenvalue weighted by atomic mass is 32.1. The van der Waals surface area contributed by atoms with Gasteiger partial charge in [-0.2, -0.15) is 0 Å². The zero-order valence-corrected chi connectivity index (χ0v) is 16.3. The minimum absolute atomic E-state index is 0.321. The molecule has 5 nitrogen and oxygen atoms in total. The van der Waals surface area contributed by atoms with E-state index in [0.717, 1.165) is 22.6 Å². The quantitative estimate of drug-likeness (QED) is 0.518. The predicted molar refractivity (Wildman–Crippen MR) is 110 cm³/mol. The minimum Gasteiger partial charge on any atom is -0.497 e. The number of rotatable bonds is 8. The second-order valence-electron chi connectivity index (χ2n) is 5.86. The molecule has 0 unspecified atom stereocenters. The molecule has 0 aliphatic carbocycles. The molecular formula is C21H18F2N2O3S. The monoisotopic (exact) mass is 416 g/mol. The number of anilines is 1. The Kier molecular flexibility index (Phi) is 6.91. The van der Waals surface area contributed by atoms with E-state index in [2.05, 4.69) is 10.3 Å². The number of benzene rings is 2. The zero-order chi connectivity index (χ0) is 20.6. The molecule has 8 heteroatoms. The number of nitrogens with one attached hydrogen (secondary N) is 1. The van der Waals surface area contributed by atoms with Crippen LogP contribution in [0.5, 0.6) is 11.5 Å². The highest BCUT2D eigenvalue weighted by Crippen LogP contribution is 2.26. The van der Waals surface area contributed by atoms with E-state index >= 15 is 0 Å². The van der Waals surface area contributed by atoms with Gasteiger partial charge in [0.15, 0.2) is 5.13 Å². The molecule has 0 saturated heterocycles. The second kappa shape index (κ2) is 9.79. The van der Waals surface area contributed by atoms with Crippen LogP contribution in [0.15, 0.2) is 60.0 Å². The van der Waals surface area contributed by atoms with Crippen LogP contribution in [0.4, 0.5) is 13.9 Å². The molecule has 0 bridgehead atoms. The molecule has 0 aliphatic heterocycles. The zero-order valence-electron chi connectivity index (χ0n) is 15.5. The van der Waals surface area contributed by atoms with Crippen LogP contribution in [0.25, 0.3) is 17.3 Å². The molecule has 1 N–H and O–H groups in total. The lowest BCUT2D eigenvalue weighted by atomic mass is 10.2. The molecule has 3 aromatic rings. The van der Waals surface area contributed by atoms with Gasteiger partial charge in [0.2, 0.25) is 5.91 Å². The molecule has 2 aromatic carbocycles. The van der Waals surface area contributed by atoms with Crippen molar-refractivity contribution in [1.82, 2.24) is 4.98 Å². The molecule has 3 rings (SSSR count). The summed E-state index contributed by atoms with van der Waals surface area (Å²) in [6, 6.07) is 14.0. The van der Waals surface area contributed by atoms with Gasteiger partial charge in [0.1, 0.15) is 18.1 Å². The molecule has 0 radical (unpaired) electrons. The lowest BCUT2D eigenvalue weighted by Crippen LogP contribution is -2.07. The summed E-state index contributed by atoms with van der Waals surface area (Å²) in [5.74, 6) is 0.788. The van der Waals surface area contributed by atoms with Crippen molar-refractivity contribution in [2.75, 3.05) is 19.0 Å². The largest absolute Gasteiger partial charge is 0.497 e. The fourth-order valence-corrected chi connectivity index (χ4v) is 3.10. The van der Waals surface area contributed by atoms with Crippen LogP contribution in [0.3, 0.4) is 0 Å². The number of alkyl halides is 2. The van der Waals surface area contributed by atoms with Crippen LogP contribution in [-0.4, -0.2) is 31.0 Å². The van der Waals surface area contributed by atoms with Gasteiger partial charge in [-0.3, -0.25) is 10.1 Å². The summed E-state index contributed by atoms with van der Waals surface area (Å²) in [6.45, 7) is -0.649. The molecule has 1 aromatic heterocycles. The Balaban J connectivity index is 1.55. The Morgan fingerprint density at radius 3 is 2.48 bits per heavy atom. The van der Waals surface area contributed by atoms with Gasteiger partial charge in [-0.1, -0.05) is 12.1 Å². The normalized spacial score (nSPS) is 11.0. The first-order chi connectivity index (χ1) is 14.0. The van der Waals surface area contributed by atoms with Crippen molar-refractivity contribution >= 4 is 28.5 Å². The highest BCUT2D eigenvalue weighted by Gasteiger charge is 2.07. The summed E-state index contributed by atoms with van der Waals surface area (Å²) in [5.41, 5.74) is 2.42. The summed E-state index contributed by atoms with van der Waals surface area (Å²) in [7, 11) is 1.61. The Morgan fingerprint density at radius 2 is 1.83 bits per heavy atom. The third kappa shape index (κ3) is 6.11. The Labute approximate surface area is 170 Å². The molecule has 0 saturated carbocycles. The molecule has 1 amide bonds. The summed E-state index contributed by atoms with van der Waals surface area (Å²) >= 11 is 1.33. The van der Waals surface area contributed by atoms with Crippen molar-refractivity contribution in [3.63, 3.8) is 0 Å². The van der Waals surface area contributed by atoms with Crippen LogP contribution < -0.4 is 14.8 Å². The average molecular weight is 416 g/mol. The first kappa shape index (κ1) is 20.5. The number of carbonyl (C=O) groups excluding carboxylic acids is 1. The first-order valence-corrected chi connectivity index (χ1v) is 9.51. The second-order valence-corrected chi connectivity index (χ2v) is 6.72. The van der Waals surface area contributed by atoms with Crippen molar-refractivity contribution in [3.05, 3.63) is 65.6 Å². The van der Waals surface area contributed by atoms with Crippen LogP contribution in [0, 0.1) is 0 Å². The number of methoxy groups -OCH3 is 1. The number of aromatic nitrogens is 1. The number of carbonyl (C=O) groups is 1. The van der Waals surface area contributed by atoms with Gasteiger partial charge < -0.3 is 9.47 Å². The van der Waals surface area contributed by atoms with E-state index in [1.165, 1.54) is 17.4 Å². The van der Waals surface area contributed by atoms with E-state index in [9.17, 15) is 13.6 Å². The SMILES string of the molecule is COc1ccc(-c2csc(NC(=O)C=Cc3ccc(OCC(F)F)cc3)n2)cc1. The van der Waals surface area contributed by atoms with E-state index in [0.29, 0.717) is 10.9 Å². The van der Waals surface area contributed by atoms with E-state index in [4.69, 9.17) is 9.47 Å². The Hall–Kier alpha value is -3.26. The standard InChI is InChI=1S/C21H18F2N2O3S/c1-27-16-9-5-15(6-10-16)18-13-29-21(24-18)25-20(26)11-4-14-2-7-17(8-3-14)28-12-19(22)23/h2-11,13,19H,12H2,1H3,(H,24,25,26). The van der Waals surface area contributed by atoms with Crippen molar-refractivity contribution in [2.45, 2.75) is 6.43 Å². The van der Waals surface area contributed by atoms with Crippen LogP contribution in [0.2, 0.25) is 0 Å². The van der Waals surface area contributed by atoms with Gasteiger partial charge in [0.25, 0.3) is 6.43 Å². The van der Waals surface area contributed by atoms with Crippen LogP contribution >= 0.6 is 11.3 Å². The number of hydrogen-bond acceptors (Lipinski definition) is 5. The fourth-order valence-electron chi connectivity index (χ4n) is 2.38. The average Bonchev–Trinajstić information content (AvgIpc) is 3.20. The molecule has 0 fully saturated rings. The van der Waals surface area contributed by atoms with Gasteiger partial charge in [0, 0.05) is 17.0 Å². The lowest BCUT2D eigenvalue weighted by molar-refractivity contribution is -0.111. The smallest absolute Gasteiger partial charge is 0.272 e. The number of thiazole rings is 1. The minimum atomic E-state index is -2.52. The van der Waals surface area contributed by atoms with Crippen LogP contribution in [0.1, 0.15) is 5.56 Å². The molecule has 1 heterocycles.